The van der Waals surface area contributed by atoms with Crippen molar-refractivity contribution in [2.45, 2.75) is 48.0 Å². The molecule has 0 atom stereocenters. The number of aromatic hydroxyl groups is 2. The highest BCUT2D eigenvalue weighted by molar-refractivity contribution is 5.19. The van der Waals surface area contributed by atoms with E-state index in [-0.39, 0.29) is 0 Å². The number of benzene rings is 2. The highest BCUT2D eigenvalue weighted by Gasteiger charge is 1.75. The van der Waals surface area contributed by atoms with Crippen molar-refractivity contribution in [2.75, 3.05) is 0 Å². The molecular formula is C19H32O2. The largest absolute Gasteiger partial charge is 0.508 e. The van der Waals surface area contributed by atoms with E-state index in [4.69, 9.17) is 10.2 Å². The van der Waals surface area contributed by atoms with Gasteiger partial charge >= 0.3 is 0 Å². The van der Waals surface area contributed by atoms with Crippen molar-refractivity contribution in [1.82, 2.24) is 0 Å². The van der Waals surface area contributed by atoms with Crippen molar-refractivity contribution in [2.24, 2.45) is 0 Å². The van der Waals surface area contributed by atoms with Crippen LogP contribution in [0.4, 0.5) is 0 Å². The minimum absolute atomic E-state index is 0.322. The number of para-hydroxylation sites is 2. The molecule has 2 aromatic carbocycles. The molecule has 21 heavy (non-hydrogen) atoms. The molecule has 2 nitrogen and oxygen atoms in total. The molecule has 2 rings (SSSR count). The summed E-state index contributed by atoms with van der Waals surface area (Å²) in [6.45, 7) is 12.2. The highest BCUT2D eigenvalue weighted by atomic mass is 16.3. The summed E-state index contributed by atoms with van der Waals surface area (Å²) in [6.07, 6.45) is 1.25. The third kappa shape index (κ3) is 23.5. The van der Waals surface area contributed by atoms with E-state index >= 15 is 0 Å². The van der Waals surface area contributed by atoms with Crippen LogP contribution in [-0.4, -0.2) is 10.2 Å². The van der Waals surface area contributed by atoms with Gasteiger partial charge in [-0.25, -0.2) is 0 Å². The summed E-state index contributed by atoms with van der Waals surface area (Å²) in [5.41, 5.74) is 0. The predicted octanol–water partition coefficient (Wildman–Crippen LogP) is 6.25. The van der Waals surface area contributed by atoms with Gasteiger partial charge in [0.2, 0.25) is 0 Å². The topological polar surface area (TPSA) is 40.5 Å². The van der Waals surface area contributed by atoms with E-state index in [1.165, 1.54) is 6.42 Å². The summed E-state index contributed by atoms with van der Waals surface area (Å²) in [6, 6.07) is 17.4. The molecule has 0 saturated carbocycles. The summed E-state index contributed by atoms with van der Waals surface area (Å²) in [7, 11) is 0. The van der Waals surface area contributed by atoms with Crippen molar-refractivity contribution in [3.8, 4) is 11.5 Å². The third-order valence-corrected chi connectivity index (χ3v) is 1.51. The van der Waals surface area contributed by atoms with Gasteiger partial charge in [0.15, 0.2) is 0 Å². The smallest absolute Gasteiger partial charge is 0.115 e. The normalized spacial score (nSPS) is 7.14. The van der Waals surface area contributed by atoms with Crippen molar-refractivity contribution < 1.29 is 10.2 Å². The molecule has 0 aliphatic heterocycles. The van der Waals surface area contributed by atoms with Gasteiger partial charge in [-0.3, -0.25) is 0 Å². The zero-order valence-electron chi connectivity index (χ0n) is 14.4. The molecule has 0 aliphatic carbocycles. The van der Waals surface area contributed by atoms with Gasteiger partial charge < -0.3 is 10.2 Å². The van der Waals surface area contributed by atoms with Crippen molar-refractivity contribution in [3.63, 3.8) is 0 Å². The van der Waals surface area contributed by atoms with Gasteiger partial charge in [-0.2, -0.15) is 0 Å². The third-order valence-electron chi connectivity index (χ3n) is 1.51. The van der Waals surface area contributed by atoms with E-state index in [1.807, 2.05) is 39.8 Å². The number of rotatable bonds is 0. The van der Waals surface area contributed by atoms with Gasteiger partial charge in [-0.15, -0.1) is 0 Å². The molecule has 0 bridgehead atoms. The highest BCUT2D eigenvalue weighted by Crippen LogP contribution is 2.03. The van der Waals surface area contributed by atoms with E-state index in [1.54, 1.807) is 48.5 Å². The van der Waals surface area contributed by atoms with Crippen LogP contribution in [0.15, 0.2) is 60.7 Å². The quantitative estimate of drug-likeness (QED) is 0.602. The molecular weight excluding hydrogens is 260 g/mol. The van der Waals surface area contributed by atoms with Crippen molar-refractivity contribution >= 4 is 0 Å². The Kier molecular flexibility index (Phi) is 26.6. The number of hydrogen-bond acceptors (Lipinski definition) is 2. The second-order valence-corrected chi connectivity index (χ2v) is 3.38. The van der Waals surface area contributed by atoms with Crippen LogP contribution in [-0.2, 0) is 0 Å². The van der Waals surface area contributed by atoms with E-state index in [0.717, 1.165) is 0 Å². The first-order chi connectivity index (χ1) is 10.2. The number of phenols is 2. The minimum Gasteiger partial charge on any atom is -0.508 e. The fraction of sp³-hybridized carbons (Fsp3) is 0.368. The lowest BCUT2D eigenvalue weighted by molar-refractivity contribution is 0.475. The molecule has 0 amide bonds. The van der Waals surface area contributed by atoms with E-state index in [9.17, 15) is 0 Å². The standard InChI is InChI=1S/2C6H6O.C3H8.2C2H6/c2*7-6-4-2-1-3-5-6;1-3-2;2*1-2/h2*1-5,7H;3H2,1-2H3;2*1-2H3. The van der Waals surface area contributed by atoms with Crippen molar-refractivity contribution in [1.29, 1.82) is 0 Å². The first-order valence-corrected chi connectivity index (χ1v) is 7.68. The molecule has 120 valence electrons. The Labute approximate surface area is 131 Å². The maximum absolute atomic E-state index is 8.63. The van der Waals surface area contributed by atoms with Crippen molar-refractivity contribution in [3.05, 3.63) is 60.7 Å². The van der Waals surface area contributed by atoms with Crippen LogP contribution in [0.5, 0.6) is 11.5 Å². The summed E-state index contributed by atoms with van der Waals surface area (Å²) < 4.78 is 0. The Hall–Kier alpha value is -1.96. The summed E-state index contributed by atoms with van der Waals surface area (Å²) in [4.78, 5) is 0. The lowest BCUT2D eigenvalue weighted by atomic mass is 10.3. The Bertz CT molecular complexity index is 320. The van der Waals surface area contributed by atoms with Gasteiger partial charge in [-0.05, 0) is 24.3 Å². The molecule has 0 radical (unpaired) electrons. The first-order valence-electron chi connectivity index (χ1n) is 7.68. The fourth-order valence-electron chi connectivity index (χ4n) is 0.856. The van der Waals surface area contributed by atoms with Crippen LogP contribution in [0.25, 0.3) is 0 Å². The molecule has 0 fully saturated rings. The number of phenolic OH excluding ortho intramolecular Hbond substituents is 2. The molecule has 0 heterocycles. The fourth-order valence-corrected chi connectivity index (χ4v) is 0.856. The second kappa shape index (κ2) is 23.2. The molecule has 0 saturated heterocycles. The zero-order chi connectivity index (χ0) is 16.9. The number of hydrogen-bond donors (Lipinski definition) is 2. The van der Waals surface area contributed by atoms with Crippen LogP contribution in [0.2, 0.25) is 0 Å². The zero-order valence-corrected chi connectivity index (χ0v) is 14.4. The maximum atomic E-state index is 8.63. The van der Waals surface area contributed by atoms with Crippen LogP contribution in [0.1, 0.15) is 48.0 Å². The van der Waals surface area contributed by atoms with E-state index < -0.39 is 0 Å². The Morgan fingerprint density at radius 1 is 0.571 bits per heavy atom. The maximum Gasteiger partial charge on any atom is 0.115 e. The van der Waals surface area contributed by atoms with Crippen LogP contribution >= 0.6 is 0 Å². The van der Waals surface area contributed by atoms with Gasteiger partial charge in [0.1, 0.15) is 11.5 Å². The summed E-state index contributed by atoms with van der Waals surface area (Å²) >= 11 is 0. The molecule has 2 heteroatoms. The SMILES string of the molecule is CC.CC.CCC.Oc1ccccc1.Oc1ccccc1. The monoisotopic (exact) mass is 292 g/mol. The van der Waals surface area contributed by atoms with Gasteiger partial charge in [0.25, 0.3) is 0 Å². The van der Waals surface area contributed by atoms with Crippen LogP contribution < -0.4 is 0 Å². The van der Waals surface area contributed by atoms with Gasteiger partial charge in [0.05, 0.1) is 0 Å². The van der Waals surface area contributed by atoms with Gasteiger partial charge in [0, 0.05) is 0 Å². The van der Waals surface area contributed by atoms with E-state index in [2.05, 4.69) is 13.8 Å². The summed E-state index contributed by atoms with van der Waals surface area (Å²) in [5, 5.41) is 17.3. The molecule has 0 spiro atoms. The predicted molar refractivity (Wildman–Crippen MR) is 94.9 cm³/mol. The molecule has 0 unspecified atom stereocenters. The lowest BCUT2D eigenvalue weighted by Gasteiger charge is -1.82. The Morgan fingerprint density at radius 2 is 0.762 bits per heavy atom. The lowest BCUT2D eigenvalue weighted by Crippen LogP contribution is -1.56. The summed E-state index contributed by atoms with van der Waals surface area (Å²) in [5.74, 6) is 0.644. The molecule has 0 aromatic heterocycles. The van der Waals surface area contributed by atoms with Gasteiger partial charge in [-0.1, -0.05) is 84.4 Å². The molecule has 2 aromatic rings. The molecule has 0 aliphatic rings. The van der Waals surface area contributed by atoms with E-state index in [0.29, 0.717) is 11.5 Å². The minimum atomic E-state index is 0.322. The second-order valence-electron chi connectivity index (χ2n) is 3.38. The Balaban J connectivity index is -0.000000219. The average molecular weight is 292 g/mol. The average Bonchev–Trinajstić information content (AvgIpc) is 2.54. The molecule has 2 N–H and O–H groups in total. The first kappa shape index (κ1) is 24.1. The Morgan fingerprint density at radius 3 is 0.857 bits per heavy atom. The van der Waals surface area contributed by atoms with Crippen LogP contribution in [0, 0.1) is 0 Å². The van der Waals surface area contributed by atoms with Crippen LogP contribution in [0.3, 0.4) is 0 Å².